The number of nitrogens with zero attached hydrogens (tertiary/aromatic N) is 3. The maximum atomic E-state index is 4.22. The first kappa shape index (κ1) is 23.0. The fraction of sp³-hybridized carbons (Fsp3) is 0.280. The Balaban J connectivity index is 0.000000207. The largest absolute Gasteiger partial charge is 3.00 e. The predicted octanol–water partition coefficient (Wildman–Crippen LogP) is 5.08. The molecule has 0 saturated heterocycles. The molecule has 29 heavy (non-hydrogen) atoms. The Bertz CT molecular complexity index is 883. The molecule has 1 aromatic heterocycles. The Morgan fingerprint density at radius 2 is 1.52 bits per heavy atom. The smallest absolute Gasteiger partial charge is 0.408 e. The van der Waals surface area contributed by atoms with Gasteiger partial charge in [0.1, 0.15) is 17.4 Å². The SMILES string of the molecule is CN1[C-]=[N+](c2[c-]cccc2)C(C)(C)C1(C)C.[Ir+3].[c-]1ccccc1-c1ccccn1. The molecule has 0 radical (unpaired) electrons. The van der Waals surface area contributed by atoms with Crippen LogP contribution in [0.5, 0.6) is 0 Å². The molecule has 4 rings (SSSR count). The van der Waals surface area contributed by atoms with Crippen molar-refractivity contribution in [3.8, 4) is 11.3 Å². The zero-order valence-corrected chi connectivity index (χ0v) is 20.0. The molecular formula is C25H27IrN3+. The van der Waals surface area contributed by atoms with Crippen molar-refractivity contribution in [1.29, 1.82) is 0 Å². The minimum atomic E-state index is -0.000394. The van der Waals surface area contributed by atoms with Crippen LogP contribution < -0.4 is 0 Å². The van der Waals surface area contributed by atoms with Crippen LogP contribution in [-0.4, -0.2) is 38.9 Å². The molecule has 4 heteroatoms. The van der Waals surface area contributed by atoms with Crippen LogP contribution in [0, 0.1) is 12.1 Å². The van der Waals surface area contributed by atoms with Gasteiger partial charge >= 0.3 is 20.1 Å². The molecule has 0 aliphatic carbocycles. The Morgan fingerprint density at radius 1 is 0.862 bits per heavy atom. The second kappa shape index (κ2) is 9.47. The van der Waals surface area contributed by atoms with Gasteiger partial charge in [-0.2, -0.15) is 18.2 Å². The Hall–Kier alpha value is -2.29. The van der Waals surface area contributed by atoms with Gasteiger partial charge in [0.05, 0.1) is 7.05 Å². The van der Waals surface area contributed by atoms with Crippen molar-refractivity contribution in [2.75, 3.05) is 7.05 Å². The van der Waals surface area contributed by atoms with E-state index < -0.39 is 0 Å². The predicted molar refractivity (Wildman–Crippen MR) is 115 cm³/mol. The summed E-state index contributed by atoms with van der Waals surface area (Å²) >= 11 is 0. The van der Waals surface area contributed by atoms with E-state index in [-0.39, 0.29) is 31.2 Å². The quantitative estimate of drug-likeness (QED) is 0.321. The first-order chi connectivity index (χ1) is 13.3. The van der Waals surface area contributed by atoms with Crippen molar-refractivity contribution < 1.29 is 24.7 Å². The van der Waals surface area contributed by atoms with Crippen molar-refractivity contribution in [3.05, 3.63) is 85.1 Å². The maximum Gasteiger partial charge on any atom is 3.00 e. The molecule has 0 amide bonds. The Kier molecular flexibility index (Phi) is 7.51. The number of pyridine rings is 1. The maximum absolute atomic E-state index is 4.22. The summed E-state index contributed by atoms with van der Waals surface area (Å²) in [5, 5.41) is 0. The minimum absolute atomic E-state index is 0. The molecule has 0 bridgehead atoms. The van der Waals surface area contributed by atoms with Gasteiger partial charge in [0.15, 0.2) is 0 Å². The third-order valence-corrected chi connectivity index (χ3v) is 5.73. The van der Waals surface area contributed by atoms with Gasteiger partial charge in [-0.25, -0.2) is 12.1 Å². The molecule has 0 unspecified atom stereocenters. The third kappa shape index (κ3) is 4.83. The van der Waals surface area contributed by atoms with Gasteiger partial charge in [0.2, 0.25) is 0 Å². The van der Waals surface area contributed by atoms with Crippen molar-refractivity contribution in [1.82, 2.24) is 9.88 Å². The first-order valence-corrected chi connectivity index (χ1v) is 9.49. The van der Waals surface area contributed by atoms with Gasteiger partial charge in [-0.15, -0.1) is 41.6 Å². The van der Waals surface area contributed by atoms with E-state index in [2.05, 4.69) is 73.7 Å². The van der Waals surface area contributed by atoms with Gasteiger partial charge in [-0.3, -0.25) is 0 Å². The number of benzene rings is 2. The van der Waals surface area contributed by atoms with Crippen molar-refractivity contribution in [3.63, 3.8) is 0 Å². The van der Waals surface area contributed by atoms with E-state index in [1.54, 1.807) is 6.20 Å². The number of hydrogen-bond donors (Lipinski definition) is 0. The van der Waals surface area contributed by atoms with Crippen molar-refractivity contribution in [2.24, 2.45) is 0 Å². The first-order valence-electron chi connectivity index (χ1n) is 9.49. The molecule has 0 saturated carbocycles. The van der Waals surface area contributed by atoms with E-state index in [4.69, 9.17) is 0 Å². The van der Waals surface area contributed by atoms with Crippen molar-refractivity contribution in [2.45, 2.75) is 38.8 Å². The van der Waals surface area contributed by atoms with Crippen LogP contribution in [0.3, 0.4) is 0 Å². The standard InChI is InChI=1S/C14H19N2.C11H8N.Ir/c1-13(2)14(3,4)16(11-15(13)5)12-9-7-6-8-10-12;1-2-6-10(7-3-1)11-8-4-5-9-12-11;/h6-9H,1-5H3;1-6,8-9H;/q2*-1;+3. The molecule has 0 atom stereocenters. The number of hydrogen-bond acceptors (Lipinski definition) is 2. The van der Waals surface area contributed by atoms with E-state index in [0.717, 1.165) is 16.9 Å². The monoisotopic (exact) mass is 562 g/mol. The molecule has 0 N–H and O–H groups in total. The van der Waals surface area contributed by atoms with E-state index in [1.165, 1.54) is 0 Å². The summed E-state index contributed by atoms with van der Waals surface area (Å²) in [4.78, 5) is 6.36. The molecule has 2 heterocycles. The van der Waals surface area contributed by atoms with Gasteiger partial charge in [-0.05, 0) is 39.5 Å². The van der Waals surface area contributed by atoms with Gasteiger partial charge in [0, 0.05) is 6.20 Å². The van der Waals surface area contributed by atoms with Crippen LogP contribution in [0.1, 0.15) is 27.7 Å². The molecule has 0 spiro atoms. The number of para-hydroxylation sites is 1. The average molecular weight is 562 g/mol. The van der Waals surface area contributed by atoms with Crippen LogP contribution in [0.15, 0.2) is 72.9 Å². The van der Waals surface area contributed by atoms with Crippen LogP contribution >= 0.6 is 0 Å². The summed E-state index contributed by atoms with van der Waals surface area (Å²) in [7, 11) is 2.07. The molecular weight excluding hydrogens is 535 g/mol. The van der Waals surface area contributed by atoms with E-state index in [1.807, 2.05) is 60.7 Å². The van der Waals surface area contributed by atoms with Crippen LogP contribution in [0.4, 0.5) is 5.69 Å². The molecule has 1 aliphatic heterocycles. The van der Waals surface area contributed by atoms with Gasteiger partial charge < -0.3 is 14.5 Å². The zero-order chi connectivity index (χ0) is 20.2. The van der Waals surface area contributed by atoms with Crippen LogP contribution in [-0.2, 0) is 20.1 Å². The summed E-state index contributed by atoms with van der Waals surface area (Å²) in [6.45, 7) is 8.96. The second-order valence-corrected chi connectivity index (χ2v) is 7.85. The Morgan fingerprint density at radius 3 is 2.00 bits per heavy atom. The average Bonchev–Trinajstić information content (AvgIpc) is 2.89. The fourth-order valence-corrected chi connectivity index (χ4v) is 3.04. The minimum Gasteiger partial charge on any atom is -0.408 e. The number of likely N-dealkylation sites (N-methyl/N-ethyl adjacent to an activating group) is 1. The molecule has 150 valence electrons. The normalized spacial score (nSPS) is 16.2. The van der Waals surface area contributed by atoms with E-state index >= 15 is 0 Å². The molecule has 3 aromatic rings. The number of rotatable bonds is 2. The third-order valence-electron chi connectivity index (χ3n) is 5.73. The van der Waals surface area contributed by atoms with E-state index in [0.29, 0.717) is 0 Å². The summed E-state index contributed by atoms with van der Waals surface area (Å²) in [6, 6.07) is 28.1. The van der Waals surface area contributed by atoms with Gasteiger partial charge in [-0.1, -0.05) is 12.1 Å². The summed E-state index contributed by atoms with van der Waals surface area (Å²) in [6.07, 6.45) is 5.17. The summed E-state index contributed by atoms with van der Waals surface area (Å²) in [5.41, 5.74) is 3.14. The molecule has 1 aliphatic rings. The fourth-order valence-electron chi connectivity index (χ4n) is 3.04. The number of aromatic nitrogens is 1. The summed E-state index contributed by atoms with van der Waals surface area (Å²) in [5.74, 6) is 0. The summed E-state index contributed by atoms with van der Waals surface area (Å²) < 4.78 is 2.17. The molecule has 2 aromatic carbocycles. The molecule has 3 nitrogen and oxygen atoms in total. The van der Waals surface area contributed by atoms with Gasteiger partial charge in [0.25, 0.3) is 0 Å². The molecule has 0 fully saturated rings. The van der Waals surface area contributed by atoms with Crippen molar-refractivity contribution >= 4 is 12.0 Å². The second-order valence-electron chi connectivity index (χ2n) is 7.85. The zero-order valence-electron chi connectivity index (χ0n) is 17.6. The van der Waals surface area contributed by atoms with E-state index in [9.17, 15) is 0 Å². The topological polar surface area (TPSA) is 19.1 Å². The van der Waals surface area contributed by atoms with Crippen LogP contribution in [0.2, 0.25) is 0 Å². The van der Waals surface area contributed by atoms with Crippen LogP contribution in [0.25, 0.3) is 11.3 Å². The Labute approximate surface area is 188 Å².